The van der Waals surface area contributed by atoms with Crippen LogP contribution in [-0.2, 0) is 6.54 Å². The average molecular weight is 398 g/mol. The third-order valence-corrected chi connectivity index (χ3v) is 4.38. The largest absolute Gasteiger partial charge is 0.492 e. The van der Waals surface area contributed by atoms with E-state index in [-0.39, 0.29) is 17.1 Å². The van der Waals surface area contributed by atoms with Gasteiger partial charge < -0.3 is 28.6 Å². The third kappa shape index (κ3) is 4.11. The van der Waals surface area contributed by atoms with Crippen LogP contribution >= 0.6 is 0 Å². The molecule has 29 heavy (non-hydrogen) atoms. The molecule has 0 aliphatic heterocycles. The Morgan fingerprint density at radius 2 is 1.76 bits per heavy atom. The van der Waals surface area contributed by atoms with Crippen LogP contribution in [0.25, 0.3) is 11.1 Å². The van der Waals surface area contributed by atoms with E-state index in [1.165, 1.54) is 27.4 Å². The van der Waals surface area contributed by atoms with Gasteiger partial charge in [-0.05, 0) is 12.1 Å². The predicted molar refractivity (Wildman–Crippen MR) is 106 cm³/mol. The first kappa shape index (κ1) is 20.1. The minimum atomic E-state index is -1.14. The molecule has 0 radical (unpaired) electrons. The Balaban J connectivity index is 2.05. The number of imidazole rings is 1. The SMILES string of the molecule is COc1c(C(=O)O)cc(-c2ccccc2OCCn2ccnc2)c(OC)c1OC. The molecule has 8 heteroatoms. The van der Waals surface area contributed by atoms with E-state index in [1.54, 1.807) is 12.5 Å². The molecule has 0 saturated carbocycles. The molecule has 0 fully saturated rings. The number of carboxylic acid groups (broad SMARTS) is 1. The second kappa shape index (κ2) is 9.01. The van der Waals surface area contributed by atoms with Gasteiger partial charge in [0.1, 0.15) is 17.9 Å². The van der Waals surface area contributed by atoms with Gasteiger partial charge in [0.2, 0.25) is 5.75 Å². The number of carboxylic acids is 1. The van der Waals surface area contributed by atoms with E-state index < -0.39 is 5.97 Å². The molecule has 0 bridgehead atoms. The van der Waals surface area contributed by atoms with Crippen LogP contribution < -0.4 is 18.9 Å². The number of para-hydroxylation sites is 1. The number of aromatic carboxylic acids is 1. The molecule has 0 amide bonds. The Morgan fingerprint density at radius 1 is 1.03 bits per heavy atom. The van der Waals surface area contributed by atoms with Crippen molar-refractivity contribution in [3.63, 3.8) is 0 Å². The normalized spacial score (nSPS) is 10.4. The Hall–Kier alpha value is -3.68. The second-order valence-corrected chi connectivity index (χ2v) is 6.02. The van der Waals surface area contributed by atoms with Gasteiger partial charge >= 0.3 is 5.97 Å². The van der Waals surface area contributed by atoms with Crippen LogP contribution in [0.1, 0.15) is 10.4 Å². The van der Waals surface area contributed by atoms with Crippen molar-refractivity contribution in [1.29, 1.82) is 0 Å². The van der Waals surface area contributed by atoms with Crippen molar-refractivity contribution >= 4 is 5.97 Å². The van der Waals surface area contributed by atoms with Crippen LogP contribution in [-0.4, -0.2) is 48.6 Å². The van der Waals surface area contributed by atoms with E-state index >= 15 is 0 Å². The minimum Gasteiger partial charge on any atom is -0.492 e. The summed E-state index contributed by atoms with van der Waals surface area (Å²) in [6, 6.07) is 8.85. The zero-order valence-corrected chi connectivity index (χ0v) is 16.4. The maximum atomic E-state index is 11.8. The van der Waals surface area contributed by atoms with E-state index in [9.17, 15) is 9.90 Å². The zero-order chi connectivity index (χ0) is 20.8. The fourth-order valence-corrected chi connectivity index (χ4v) is 3.07. The van der Waals surface area contributed by atoms with Crippen molar-refractivity contribution in [2.45, 2.75) is 6.54 Å². The lowest BCUT2D eigenvalue weighted by atomic mass is 9.99. The van der Waals surface area contributed by atoms with Gasteiger partial charge in [0.15, 0.2) is 11.5 Å². The zero-order valence-electron chi connectivity index (χ0n) is 16.4. The van der Waals surface area contributed by atoms with Crippen molar-refractivity contribution in [3.8, 4) is 34.1 Å². The molecule has 152 valence electrons. The summed E-state index contributed by atoms with van der Waals surface area (Å²) in [6.45, 7) is 1.03. The molecule has 0 atom stereocenters. The molecule has 2 aromatic carbocycles. The van der Waals surface area contributed by atoms with Gasteiger partial charge in [0, 0.05) is 23.5 Å². The van der Waals surface area contributed by atoms with Gasteiger partial charge in [0.05, 0.1) is 34.2 Å². The predicted octanol–water partition coefficient (Wildman–Crippen LogP) is 3.35. The summed E-state index contributed by atoms with van der Waals surface area (Å²) in [5.74, 6) is 0.120. The fraction of sp³-hybridized carbons (Fsp3) is 0.238. The van der Waals surface area contributed by atoms with Crippen LogP contribution in [0.2, 0.25) is 0 Å². The quantitative estimate of drug-likeness (QED) is 0.591. The topological polar surface area (TPSA) is 92.0 Å². The maximum absolute atomic E-state index is 11.8. The molecule has 0 aliphatic carbocycles. The molecule has 8 nitrogen and oxygen atoms in total. The summed E-state index contributed by atoms with van der Waals surface area (Å²) in [5.41, 5.74) is 1.17. The van der Waals surface area contributed by atoms with Crippen LogP contribution in [0, 0.1) is 0 Å². The molecule has 1 N–H and O–H groups in total. The summed E-state index contributed by atoms with van der Waals surface area (Å²) in [5, 5.41) is 9.65. The van der Waals surface area contributed by atoms with Crippen molar-refractivity contribution < 1.29 is 28.8 Å². The van der Waals surface area contributed by atoms with E-state index in [0.717, 1.165) is 0 Å². The molecule has 0 saturated heterocycles. The van der Waals surface area contributed by atoms with Crippen LogP contribution in [0.4, 0.5) is 0 Å². The number of rotatable bonds is 9. The Morgan fingerprint density at radius 3 is 2.38 bits per heavy atom. The molecule has 1 aromatic heterocycles. The van der Waals surface area contributed by atoms with Gasteiger partial charge in [-0.25, -0.2) is 9.78 Å². The number of carbonyl (C=O) groups is 1. The summed E-state index contributed by atoms with van der Waals surface area (Å²) >= 11 is 0. The fourth-order valence-electron chi connectivity index (χ4n) is 3.07. The number of benzene rings is 2. The third-order valence-electron chi connectivity index (χ3n) is 4.38. The summed E-state index contributed by atoms with van der Waals surface area (Å²) < 4.78 is 24.1. The highest BCUT2D eigenvalue weighted by molar-refractivity contribution is 5.96. The molecular weight excluding hydrogens is 376 g/mol. The lowest BCUT2D eigenvalue weighted by Gasteiger charge is -2.19. The number of aromatic nitrogens is 2. The van der Waals surface area contributed by atoms with Gasteiger partial charge in [-0.2, -0.15) is 0 Å². The molecule has 0 unspecified atom stereocenters. The van der Waals surface area contributed by atoms with Crippen LogP contribution in [0.15, 0.2) is 49.1 Å². The second-order valence-electron chi connectivity index (χ2n) is 6.02. The molecule has 0 spiro atoms. The summed E-state index contributed by atoms with van der Waals surface area (Å²) in [6.07, 6.45) is 5.27. The summed E-state index contributed by atoms with van der Waals surface area (Å²) in [7, 11) is 4.31. The Bertz CT molecular complexity index is 985. The van der Waals surface area contributed by atoms with Crippen molar-refractivity contribution in [3.05, 3.63) is 54.6 Å². The van der Waals surface area contributed by atoms with Gasteiger partial charge in [-0.1, -0.05) is 18.2 Å². The van der Waals surface area contributed by atoms with E-state index in [4.69, 9.17) is 18.9 Å². The average Bonchev–Trinajstić information content (AvgIpc) is 3.25. The van der Waals surface area contributed by atoms with E-state index in [2.05, 4.69) is 4.98 Å². The number of hydrogen-bond acceptors (Lipinski definition) is 6. The number of hydrogen-bond donors (Lipinski definition) is 1. The van der Waals surface area contributed by atoms with Gasteiger partial charge in [-0.15, -0.1) is 0 Å². The first-order valence-electron chi connectivity index (χ1n) is 8.84. The number of ether oxygens (including phenoxy) is 4. The van der Waals surface area contributed by atoms with Crippen LogP contribution in [0.3, 0.4) is 0 Å². The molecule has 1 heterocycles. The number of nitrogens with zero attached hydrogens (tertiary/aromatic N) is 2. The molecule has 3 rings (SSSR count). The lowest BCUT2D eigenvalue weighted by molar-refractivity contribution is 0.0692. The highest BCUT2D eigenvalue weighted by Gasteiger charge is 2.26. The molecular formula is C21H22N2O6. The maximum Gasteiger partial charge on any atom is 0.339 e. The van der Waals surface area contributed by atoms with Crippen molar-refractivity contribution in [2.24, 2.45) is 0 Å². The van der Waals surface area contributed by atoms with Gasteiger partial charge in [0.25, 0.3) is 0 Å². The molecule has 3 aromatic rings. The van der Waals surface area contributed by atoms with Crippen molar-refractivity contribution in [1.82, 2.24) is 9.55 Å². The Kier molecular flexibility index (Phi) is 6.23. The smallest absolute Gasteiger partial charge is 0.339 e. The standard InChI is InChI=1S/C21H22N2O6/c1-26-18-15(12-16(21(24)25)19(27-2)20(18)28-3)14-6-4-5-7-17(14)29-11-10-23-9-8-22-13-23/h4-9,12-13H,10-11H2,1-3H3,(H,24,25). The first-order chi connectivity index (χ1) is 14.1. The lowest BCUT2D eigenvalue weighted by Crippen LogP contribution is -2.08. The van der Waals surface area contributed by atoms with Crippen LogP contribution in [0.5, 0.6) is 23.0 Å². The molecule has 0 aliphatic rings. The van der Waals surface area contributed by atoms with E-state index in [0.29, 0.717) is 35.8 Å². The highest BCUT2D eigenvalue weighted by atomic mass is 16.5. The minimum absolute atomic E-state index is 0.0339. The first-order valence-corrected chi connectivity index (χ1v) is 8.84. The Labute approximate surface area is 168 Å². The number of methoxy groups -OCH3 is 3. The monoisotopic (exact) mass is 398 g/mol. The highest BCUT2D eigenvalue weighted by Crippen LogP contribution is 2.48. The van der Waals surface area contributed by atoms with Crippen molar-refractivity contribution in [2.75, 3.05) is 27.9 Å². The van der Waals surface area contributed by atoms with E-state index in [1.807, 2.05) is 35.0 Å². The summed E-state index contributed by atoms with van der Waals surface area (Å²) in [4.78, 5) is 15.8. The van der Waals surface area contributed by atoms with Gasteiger partial charge in [-0.3, -0.25) is 0 Å².